The van der Waals surface area contributed by atoms with Crippen molar-refractivity contribution in [2.75, 3.05) is 13.1 Å². The van der Waals surface area contributed by atoms with Crippen molar-refractivity contribution in [3.05, 3.63) is 53.4 Å². The number of benzene rings is 1. The van der Waals surface area contributed by atoms with Crippen LogP contribution in [-0.2, 0) is 21.4 Å². The molecular weight excluding hydrogens is 376 g/mol. The number of nitrogens with zero attached hydrogens (tertiary/aromatic N) is 2. The van der Waals surface area contributed by atoms with Crippen molar-refractivity contribution in [1.82, 2.24) is 19.8 Å². The van der Waals surface area contributed by atoms with Crippen LogP contribution < -0.4 is 10.0 Å². The number of carbonyl (C=O) groups excluding carboxylic acids is 1. The lowest BCUT2D eigenvalue weighted by Gasteiger charge is -2.13. The third kappa shape index (κ3) is 6.31. The van der Waals surface area contributed by atoms with Gasteiger partial charge in [-0.3, -0.25) is 9.48 Å². The summed E-state index contributed by atoms with van der Waals surface area (Å²) in [4.78, 5) is 12.2. The zero-order valence-electron chi connectivity index (χ0n) is 16.8. The lowest BCUT2D eigenvalue weighted by molar-refractivity contribution is -0.116. The number of aromatic nitrogens is 2. The zero-order valence-corrected chi connectivity index (χ0v) is 17.6. The van der Waals surface area contributed by atoms with Gasteiger partial charge in [-0.15, -0.1) is 0 Å². The number of hydrogen-bond acceptors (Lipinski definition) is 4. The topological polar surface area (TPSA) is 93.1 Å². The van der Waals surface area contributed by atoms with E-state index < -0.39 is 10.0 Å². The Morgan fingerprint density at radius 1 is 1.25 bits per heavy atom. The summed E-state index contributed by atoms with van der Waals surface area (Å²) in [5.74, 6) is 0.0514. The number of nitrogens with one attached hydrogen (secondary N) is 2. The summed E-state index contributed by atoms with van der Waals surface area (Å²) in [5, 5.41) is 7.31. The van der Waals surface area contributed by atoms with Gasteiger partial charge in [0.2, 0.25) is 15.9 Å². The number of sulfonamides is 1. The van der Waals surface area contributed by atoms with Gasteiger partial charge in [0, 0.05) is 31.4 Å². The van der Waals surface area contributed by atoms with Crippen molar-refractivity contribution < 1.29 is 13.2 Å². The van der Waals surface area contributed by atoms with Gasteiger partial charge in [0.15, 0.2) is 0 Å². The molecule has 0 radical (unpaired) electrons. The molecule has 0 bridgehead atoms. The Morgan fingerprint density at radius 3 is 2.50 bits per heavy atom. The monoisotopic (exact) mass is 404 g/mol. The third-order valence-electron chi connectivity index (χ3n) is 4.16. The van der Waals surface area contributed by atoms with Crippen LogP contribution in [0, 0.1) is 19.8 Å². The van der Waals surface area contributed by atoms with Crippen molar-refractivity contribution in [1.29, 1.82) is 0 Å². The van der Waals surface area contributed by atoms with Crippen LogP contribution in [0.1, 0.15) is 30.8 Å². The fraction of sp³-hybridized carbons (Fsp3) is 0.400. The summed E-state index contributed by atoms with van der Waals surface area (Å²) in [7, 11) is -3.46. The summed E-state index contributed by atoms with van der Waals surface area (Å²) in [5.41, 5.74) is 2.84. The third-order valence-corrected chi connectivity index (χ3v) is 5.73. The Balaban J connectivity index is 1.85. The van der Waals surface area contributed by atoms with Crippen LogP contribution in [0.5, 0.6) is 0 Å². The van der Waals surface area contributed by atoms with E-state index in [2.05, 4.69) is 22.1 Å². The van der Waals surface area contributed by atoms with E-state index in [0.717, 1.165) is 23.5 Å². The predicted octanol–water partition coefficient (Wildman–Crippen LogP) is 2.26. The zero-order chi connectivity index (χ0) is 20.7. The van der Waals surface area contributed by atoms with E-state index in [4.69, 9.17) is 0 Å². The highest BCUT2D eigenvalue weighted by Crippen LogP contribution is 2.11. The minimum absolute atomic E-state index is 0.190. The Bertz CT molecular complexity index is 931. The molecule has 0 spiro atoms. The molecule has 1 heterocycles. The molecule has 2 rings (SSSR count). The second-order valence-electron chi connectivity index (χ2n) is 6.86. The molecule has 0 aliphatic carbocycles. The molecule has 2 aromatic rings. The first-order chi connectivity index (χ1) is 13.2. The highest BCUT2D eigenvalue weighted by atomic mass is 32.2. The lowest BCUT2D eigenvalue weighted by atomic mass is 10.1. The molecule has 28 heavy (non-hydrogen) atoms. The second-order valence-corrected chi connectivity index (χ2v) is 8.63. The first-order valence-corrected chi connectivity index (χ1v) is 10.8. The van der Waals surface area contributed by atoms with Gasteiger partial charge in [-0.1, -0.05) is 26.0 Å². The van der Waals surface area contributed by atoms with E-state index in [1.165, 1.54) is 18.2 Å². The molecule has 8 heteroatoms. The molecule has 0 saturated heterocycles. The molecule has 0 aliphatic rings. The maximum absolute atomic E-state index is 12.0. The van der Waals surface area contributed by atoms with Crippen molar-refractivity contribution in [2.24, 2.45) is 5.92 Å². The number of aryl methyl sites for hydroxylation is 2. The molecule has 7 nitrogen and oxygen atoms in total. The molecule has 1 atom stereocenters. The van der Waals surface area contributed by atoms with Crippen LogP contribution in [0.2, 0.25) is 0 Å². The molecule has 0 aliphatic heterocycles. The van der Waals surface area contributed by atoms with Crippen LogP contribution in [0.4, 0.5) is 0 Å². The normalized spacial score (nSPS) is 13.0. The van der Waals surface area contributed by atoms with Gasteiger partial charge in [0.05, 0.1) is 10.6 Å². The molecule has 152 valence electrons. The second kappa shape index (κ2) is 9.66. The van der Waals surface area contributed by atoms with Crippen LogP contribution in [0.15, 0.2) is 41.3 Å². The Kier molecular flexibility index (Phi) is 7.53. The van der Waals surface area contributed by atoms with E-state index in [-0.39, 0.29) is 16.7 Å². The van der Waals surface area contributed by atoms with Crippen molar-refractivity contribution in [3.8, 4) is 0 Å². The quantitative estimate of drug-likeness (QED) is 0.627. The SMILES string of the molecule is CCNS(=O)(=O)c1ccc(C=CC(=O)NCC(C)Cn2nc(C)cc2C)cc1. The summed E-state index contributed by atoms with van der Waals surface area (Å²) in [6, 6.07) is 8.40. The number of hydrogen-bond donors (Lipinski definition) is 2. The van der Waals surface area contributed by atoms with Crippen molar-refractivity contribution in [3.63, 3.8) is 0 Å². The summed E-state index contributed by atoms with van der Waals surface area (Å²) in [6.45, 7) is 9.39. The van der Waals surface area contributed by atoms with E-state index >= 15 is 0 Å². The van der Waals surface area contributed by atoms with Gasteiger partial charge in [-0.2, -0.15) is 5.10 Å². The van der Waals surface area contributed by atoms with Gasteiger partial charge in [0.25, 0.3) is 0 Å². The smallest absolute Gasteiger partial charge is 0.244 e. The largest absolute Gasteiger partial charge is 0.352 e. The fourth-order valence-corrected chi connectivity index (χ4v) is 3.80. The average Bonchev–Trinajstić information content (AvgIpc) is 2.95. The molecule has 2 N–H and O–H groups in total. The molecule has 0 saturated carbocycles. The summed E-state index contributed by atoms with van der Waals surface area (Å²) in [6.07, 6.45) is 3.11. The maximum Gasteiger partial charge on any atom is 0.244 e. The predicted molar refractivity (Wildman–Crippen MR) is 110 cm³/mol. The number of rotatable bonds is 9. The first kappa shape index (κ1) is 21.8. The molecule has 1 aromatic heterocycles. The maximum atomic E-state index is 12.0. The average molecular weight is 405 g/mol. The van der Waals surface area contributed by atoms with Crippen molar-refractivity contribution >= 4 is 22.0 Å². The lowest BCUT2D eigenvalue weighted by Crippen LogP contribution is -2.29. The van der Waals surface area contributed by atoms with E-state index in [1.807, 2.05) is 24.6 Å². The first-order valence-electron chi connectivity index (χ1n) is 9.28. The highest BCUT2D eigenvalue weighted by Gasteiger charge is 2.11. The van der Waals surface area contributed by atoms with Crippen LogP contribution in [0.25, 0.3) is 6.08 Å². The van der Waals surface area contributed by atoms with Gasteiger partial charge in [-0.25, -0.2) is 13.1 Å². The summed E-state index contributed by atoms with van der Waals surface area (Å²) < 4.78 is 28.2. The molecular formula is C20H28N4O3S. The minimum atomic E-state index is -3.46. The van der Waals surface area contributed by atoms with E-state index in [0.29, 0.717) is 13.1 Å². The van der Waals surface area contributed by atoms with Gasteiger partial charge >= 0.3 is 0 Å². The van der Waals surface area contributed by atoms with Crippen molar-refractivity contribution in [2.45, 2.75) is 39.1 Å². The van der Waals surface area contributed by atoms with E-state index in [9.17, 15) is 13.2 Å². The fourth-order valence-electron chi connectivity index (χ4n) is 2.76. The highest BCUT2D eigenvalue weighted by molar-refractivity contribution is 7.89. The Hall–Kier alpha value is -2.45. The van der Waals surface area contributed by atoms with Gasteiger partial charge in [-0.05, 0) is 49.6 Å². The van der Waals surface area contributed by atoms with Crippen LogP contribution >= 0.6 is 0 Å². The molecule has 1 amide bonds. The van der Waals surface area contributed by atoms with E-state index in [1.54, 1.807) is 25.1 Å². The number of amides is 1. The Morgan fingerprint density at radius 2 is 1.93 bits per heavy atom. The van der Waals surface area contributed by atoms with Gasteiger partial charge in [0.1, 0.15) is 0 Å². The molecule has 1 unspecified atom stereocenters. The Labute approximate surface area is 166 Å². The van der Waals surface area contributed by atoms with Crippen LogP contribution in [0.3, 0.4) is 0 Å². The minimum Gasteiger partial charge on any atom is -0.352 e. The number of carbonyl (C=O) groups is 1. The standard InChI is InChI=1S/C20H28N4O3S/c1-5-22-28(26,27)19-9-6-18(7-10-19)8-11-20(25)21-13-15(2)14-24-17(4)12-16(3)23-24/h6-12,15,22H,5,13-14H2,1-4H3,(H,21,25). The summed E-state index contributed by atoms with van der Waals surface area (Å²) >= 11 is 0. The molecule has 1 aromatic carbocycles. The molecule has 0 fully saturated rings. The van der Waals surface area contributed by atoms with Crippen LogP contribution in [-0.4, -0.2) is 37.2 Å². The van der Waals surface area contributed by atoms with Gasteiger partial charge < -0.3 is 5.32 Å².